The molecule has 20 heavy (non-hydrogen) atoms. The van der Waals surface area contributed by atoms with Gasteiger partial charge in [-0.15, -0.1) is 0 Å². The number of primary sulfonamides is 1. The fraction of sp³-hybridized carbons (Fsp3) is 0. The van der Waals surface area contributed by atoms with Crippen LogP contribution in [0.25, 0.3) is 0 Å². The van der Waals surface area contributed by atoms with E-state index in [0.717, 1.165) is 23.9 Å². The molecule has 0 atom stereocenters. The van der Waals surface area contributed by atoms with Gasteiger partial charge in [-0.05, 0) is 36.4 Å². The number of hydrogen-bond donors (Lipinski definition) is 2. The minimum Gasteiger partial charge on any atom is -0.398 e. The first-order chi connectivity index (χ1) is 9.27. The van der Waals surface area contributed by atoms with Crippen LogP contribution in [0.15, 0.2) is 51.1 Å². The summed E-state index contributed by atoms with van der Waals surface area (Å²) in [5, 5.41) is 4.99. The van der Waals surface area contributed by atoms with Gasteiger partial charge in [-0.1, -0.05) is 11.8 Å². The fourth-order valence-electron chi connectivity index (χ4n) is 1.53. The monoisotopic (exact) mass is 316 g/mol. The molecule has 4 nitrogen and oxygen atoms in total. The lowest BCUT2D eigenvalue weighted by Crippen LogP contribution is -2.14. The number of rotatable bonds is 3. The molecule has 0 spiro atoms. The fourth-order valence-corrected chi connectivity index (χ4v) is 3.06. The van der Waals surface area contributed by atoms with E-state index in [-0.39, 0.29) is 10.6 Å². The second kappa shape index (κ2) is 5.39. The molecule has 2 aromatic carbocycles. The first kappa shape index (κ1) is 14.8. The third-order valence-electron chi connectivity index (χ3n) is 2.41. The van der Waals surface area contributed by atoms with E-state index in [1.807, 2.05) is 0 Å². The molecule has 106 valence electrons. The lowest BCUT2D eigenvalue weighted by molar-refractivity contribution is 0.506. The number of sulfonamides is 1. The highest BCUT2D eigenvalue weighted by atomic mass is 32.2. The van der Waals surface area contributed by atoms with E-state index in [9.17, 15) is 17.2 Å². The number of benzene rings is 2. The smallest absolute Gasteiger partial charge is 0.240 e. The molecular formula is C12H10F2N2O2S2. The van der Waals surface area contributed by atoms with Gasteiger partial charge in [0.25, 0.3) is 0 Å². The average molecular weight is 316 g/mol. The van der Waals surface area contributed by atoms with Crippen LogP contribution in [0.2, 0.25) is 0 Å². The van der Waals surface area contributed by atoms with Crippen molar-refractivity contribution in [3.8, 4) is 0 Å². The summed E-state index contributed by atoms with van der Waals surface area (Å²) in [7, 11) is -3.88. The molecule has 0 bridgehead atoms. The maximum absolute atomic E-state index is 13.1. The normalized spacial score (nSPS) is 11.6. The zero-order valence-corrected chi connectivity index (χ0v) is 11.6. The van der Waals surface area contributed by atoms with Gasteiger partial charge in [0.15, 0.2) is 11.6 Å². The number of nitrogens with two attached hydrogens (primary N) is 2. The lowest BCUT2D eigenvalue weighted by Gasteiger charge is -2.07. The standard InChI is InChI=1S/C12H10F2N2O2S2/c13-9-3-1-7(5-10(9)14)19-8-2-4-12(11(15)6-8)20(16,17)18/h1-6H,15H2,(H2,16,17,18). The van der Waals surface area contributed by atoms with Crippen LogP contribution in [0.1, 0.15) is 0 Å². The van der Waals surface area contributed by atoms with E-state index < -0.39 is 21.7 Å². The van der Waals surface area contributed by atoms with Gasteiger partial charge in [0.05, 0.1) is 5.69 Å². The molecule has 0 aliphatic heterocycles. The summed E-state index contributed by atoms with van der Waals surface area (Å²) < 4.78 is 48.3. The molecule has 0 amide bonds. The molecule has 0 heterocycles. The Balaban J connectivity index is 2.31. The third-order valence-corrected chi connectivity index (χ3v) is 4.38. The predicted molar refractivity (Wildman–Crippen MR) is 72.7 cm³/mol. The van der Waals surface area contributed by atoms with Crippen LogP contribution in [-0.2, 0) is 10.0 Å². The van der Waals surface area contributed by atoms with Gasteiger partial charge in [-0.2, -0.15) is 0 Å². The Morgan fingerprint density at radius 3 is 2.10 bits per heavy atom. The lowest BCUT2D eigenvalue weighted by atomic mass is 10.3. The minimum absolute atomic E-state index is 0.0000774. The number of halogens is 2. The minimum atomic E-state index is -3.88. The van der Waals surface area contributed by atoms with Crippen LogP contribution in [0, 0.1) is 11.6 Å². The van der Waals surface area contributed by atoms with Crippen molar-refractivity contribution in [2.75, 3.05) is 5.73 Å². The Hall–Kier alpha value is -1.64. The van der Waals surface area contributed by atoms with Crippen molar-refractivity contribution >= 4 is 27.5 Å². The van der Waals surface area contributed by atoms with Crippen molar-refractivity contribution in [3.63, 3.8) is 0 Å². The van der Waals surface area contributed by atoms with Crippen LogP contribution >= 0.6 is 11.8 Å². The molecule has 8 heteroatoms. The van der Waals surface area contributed by atoms with Crippen molar-refractivity contribution in [1.29, 1.82) is 0 Å². The number of hydrogen-bond acceptors (Lipinski definition) is 4. The molecule has 0 saturated carbocycles. The van der Waals surface area contributed by atoms with Crippen LogP contribution in [-0.4, -0.2) is 8.42 Å². The average Bonchev–Trinajstić information content (AvgIpc) is 2.32. The summed E-state index contributed by atoms with van der Waals surface area (Å²) >= 11 is 1.12. The summed E-state index contributed by atoms with van der Waals surface area (Å²) in [4.78, 5) is 0.875. The third kappa shape index (κ3) is 3.27. The molecule has 0 saturated heterocycles. The Bertz CT molecular complexity index is 764. The predicted octanol–water partition coefficient (Wildman–Crippen LogP) is 2.35. The van der Waals surface area contributed by atoms with Gasteiger partial charge in [-0.3, -0.25) is 0 Å². The molecule has 0 fully saturated rings. The van der Waals surface area contributed by atoms with Crippen LogP contribution < -0.4 is 10.9 Å². The molecule has 0 aromatic heterocycles. The first-order valence-electron chi connectivity index (χ1n) is 5.32. The van der Waals surface area contributed by atoms with Gasteiger partial charge < -0.3 is 5.73 Å². The zero-order chi connectivity index (χ0) is 14.9. The van der Waals surface area contributed by atoms with E-state index in [1.54, 1.807) is 0 Å². The zero-order valence-electron chi connectivity index (χ0n) is 10.0. The van der Waals surface area contributed by atoms with Crippen molar-refractivity contribution in [2.45, 2.75) is 14.7 Å². The van der Waals surface area contributed by atoms with Gasteiger partial charge >= 0.3 is 0 Å². The molecule has 4 N–H and O–H groups in total. The second-order valence-corrected chi connectivity index (χ2v) is 6.60. The SMILES string of the molecule is Nc1cc(Sc2ccc(F)c(F)c2)ccc1S(N)(=O)=O. The van der Waals surface area contributed by atoms with Gasteiger partial charge in [-0.25, -0.2) is 22.3 Å². The van der Waals surface area contributed by atoms with E-state index in [4.69, 9.17) is 10.9 Å². The highest BCUT2D eigenvalue weighted by Gasteiger charge is 2.13. The summed E-state index contributed by atoms with van der Waals surface area (Å²) in [6.45, 7) is 0. The van der Waals surface area contributed by atoms with Crippen molar-refractivity contribution in [3.05, 3.63) is 48.0 Å². The summed E-state index contributed by atoms with van der Waals surface area (Å²) in [6, 6.07) is 7.64. The van der Waals surface area contributed by atoms with Gasteiger partial charge in [0.1, 0.15) is 4.90 Å². The second-order valence-electron chi connectivity index (χ2n) is 3.92. The van der Waals surface area contributed by atoms with Crippen molar-refractivity contribution in [1.82, 2.24) is 0 Å². The Kier molecular flexibility index (Phi) is 3.98. The van der Waals surface area contributed by atoms with E-state index in [2.05, 4.69) is 0 Å². The first-order valence-corrected chi connectivity index (χ1v) is 7.69. The van der Waals surface area contributed by atoms with Gasteiger partial charge in [0, 0.05) is 9.79 Å². The number of anilines is 1. The van der Waals surface area contributed by atoms with Crippen LogP contribution in [0.5, 0.6) is 0 Å². The highest BCUT2D eigenvalue weighted by molar-refractivity contribution is 7.99. The maximum Gasteiger partial charge on any atom is 0.240 e. The maximum atomic E-state index is 13.1. The van der Waals surface area contributed by atoms with Crippen LogP contribution in [0.4, 0.5) is 14.5 Å². The molecule has 0 radical (unpaired) electrons. The molecule has 0 aliphatic carbocycles. The summed E-state index contributed by atoms with van der Waals surface area (Å²) in [6.07, 6.45) is 0. The highest BCUT2D eigenvalue weighted by Crippen LogP contribution is 2.31. The molecule has 2 aromatic rings. The Labute approximate surface area is 118 Å². The van der Waals surface area contributed by atoms with E-state index in [0.29, 0.717) is 9.79 Å². The Morgan fingerprint density at radius 1 is 0.950 bits per heavy atom. The van der Waals surface area contributed by atoms with Crippen LogP contribution in [0.3, 0.4) is 0 Å². The van der Waals surface area contributed by atoms with E-state index >= 15 is 0 Å². The van der Waals surface area contributed by atoms with Gasteiger partial charge in [0.2, 0.25) is 10.0 Å². The molecular weight excluding hydrogens is 306 g/mol. The quantitative estimate of drug-likeness (QED) is 0.851. The largest absolute Gasteiger partial charge is 0.398 e. The Morgan fingerprint density at radius 2 is 1.55 bits per heavy atom. The topological polar surface area (TPSA) is 86.2 Å². The number of nitrogen functional groups attached to an aromatic ring is 1. The van der Waals surface area contributed by atoms with Crippen molar-refractivity contribution in [2.24, 2.45) is 5.14 Å². The van der Waals surface area contributed by atoms with Crippen molar-refractivity contribution < 1.29 is 17.2 Å². The summed E-state index contributed by atoms with van der Waals surface area (Å²) in [5.41, 5.74) is 5.61. The molecule has 0 aliphatic rings. The summed E-state index contributed by atoms with van der Waals surface area (Å²) in [5.74, 6) is -1.89. The molecule has 2 rings (SSSR count). The molecule has 0 unspecified atom stereocenters. The van der Waals surface area contributed by atoms with E-state index in [1.165, 1.54) is 24.3 Å².